The average Bonchev–Trinajstić information content (AvgIpc) is 3.26. The van der Waals surface area contributed by atoms with Gasteiger partial charge in [-0.2, -0.15) is 0 Å². The molecular weight excluding hydrogens is 240 g/mol. The minimum Gasteiger partial charge on any atom is -0.395 e. The van der Waals surface area contributed by atoms with Crippen molar-refractivity contribution in [1.82, 2.24) is 10.2 Å². The van der Waals surface area contributed by atoms with E-state index in [1.54, 1.807) is 0 Å². The Labute approximate surface area is 115 Å². The van der Waals surface area contributed by atoms with Crippen molar-refractivity contribution >= 4 is 5.91 Å². The highest BCUT2D eigenvalue weighted by Gasteiger charge is 2.41. The van der Waals surface area contributed by atoms with E-state index < -0.39 is 0 Å². The van der Waals surface area contributed by atoms with Gasteiger partial charge in [0.2, 0.25) is 5.91 Å². The molecule has 0 aromatic carbocycles. The van der Waals surface area contributed by atoms with Crippen LogP contribution in [-0.2, 0) is 4.79 Å². The molecule has 0 aliphatic heterocycles. The molecule has 0 spiro atoms. The molecule has 0 bridgehead atoms. The number of hydrogen-bond donors (Lipinski definition) is 2. The second-order valence-corrected chi connectivity index (χ2v) is 6.62. The number of aliphatic hydroxyl groups excluding tert-OH is 1. The molecule has 4 heteroatoms. The molecule has 3 aliphatic rings. The first-order valence-corrected chi connectivity index (χ1v) is 7.86. The molecule has 3 aliphatic carbocycles. The molecule has 0 heterocycles. The number of nitrogens with one attached hydrogen (secondary N) is 1. The topological polar surface area (TPSA) is 52.6 Å². The number of rotatable bonds is 8. The third-order valence-corrected chi connectivity index (χ3v) is 4.87. The first-order valence-electron chi connectivity index (χ1n) is 7.86. The Balaban J connectivity index is 1.51. The van der Waals surface area contributed by atoms with Gasteiger partial charge in [0, 0.05) is 18.1 Å². The molecule has 3 fully saturated rings. The van der Waals surface area contributed by atoms with Crippen LogP contribution in [0, 0.1) is 11.8 Å². The lowest BCUT2D eigenvalue weighted by Gasteiger charge is -2.30. The monoisotopic (exact) mass is 266 g/mol. The van der Waals surface area contributed by atoms with Gasteiger partial charge in [-0.15, -0.1) is 0 Å². The van der Waals surface area contributed by atoms with Crippen LogP contribution in [0.5, 0.6) is 0 Å². The van der Waals surface area contributed by atoms with Crippen LogP contribution < -0.4 is 5.32 Å². The number of amides is 1. The molecule has 0 aromatic heterocycles. The fourth-order valence-electron chi connectivity index (χ4n) is 3.11. The highest BCUT2D eigenvalue weighted by atomic mass is 16.3. The maximum Gasteiger partial charge on any atom is 0.237 e. The Hall–Kier alpha value is -0.610. The van der Waals surface area contributed by atoms with Crippen molar-refractivity contribution in [3.63, 3.8) is 0 Å². The molecule has 2 N–H and O–H groups in total. The fraction of sp³-hybridized carbons (Fsp3) is 0.933. The van der Waals surface area contributed by atoms with E-state index in [-0.39, 0.29) is 18.6 Å². The summed E-state index contributed by atoms with van der Waals surface area (Å²) in [5.41, 5.74) is 0. The van der Waals surface area contributed by atoms with Gasteiger partial charge < -0.3 is 15.3 Å². The van der Waals surface area contributed by atoms with Crippen LogP contribution in [0.2, 0.25) is 0 Å². The molecule has 0 aromatic rings. The Morgan fingerprint density at radius 1 is 1.21 bits per heavy atom. The van der Waals surface area contributed by atoms with Crippen LogP contribution in [-0.4, -0.2) is 47.2 Å². The van der Waals surface area contributed by atoms with E-state index in [1.807, 2.05) is 0 Å². The third kappa shape index (κ3) is 3.29. The molecule has 0 saturated heterocycles. The highest BCUT2D eigenvalue weighted by Crippen LogP contribution is 2.39. The lowest BCUT2D eigenvalue weighted by Crippen LogP contribution is -2.48. The molecule has 0 radical (unpaired) electrons. The van der Waals surface area contributed by atoms with Gasteiger partial charge in [-0.25, -0.2) is 0 Å². The summed E-state index contributed by atoms with van der Waals surface area (Å²) in [6.45, 7) is 2.76. The number of hydrogen-bond acceptors (Lipinski definition) is 3. The van der Waals surface area contributed by atoms with Crippen molar-refractivity contribution in [3.05, 3.63) is 0 Å². The predicted molar refractivity (Wildman–Crippen MR) is 73.7 cm³/mol. The van der Waals surface area contributed by atoms with E-state index in [9.17, 15) is 9.90 Å². The van der Waals surface area contributed by atoms with Crippen LogP contribution >= 0.6 is 0 Å². The first kappa shape index (κ1) is 13.4. The van der Waals surface area contributed by atoms with Crippen LogP contribution in [0.4, 0.5) is 0 Å². The zero-order valence-electron chi connectivity index (χ0n) is 11.8. The van der Waals surface area contributed by atoms with Gasteiger partial charge in [-0.05, 0) is 57.3 Å². The quantitative estimate of drug-likeness (QED) is 0.692. The summed E-state index contributed by atoms with van der Waals surface area (Å²) < 4.78 is 0. The van der Waals surface area contributed by atoms with Gasteiger partial charge in [0.25, 0.3) is 0 Å². The highest BCUT2D eigenvalue weighted by molar-refractivity contribution is 5.79. The Kier molecular flexibility index (Phi) is 3.81. The summed E-state index contributed by atoms with van der Waals surface area (Å²) in [5, 5.41) is 12.6. The van der Waals surface area contributed by atoms with E-state index in [1.165, 1.54) is 38.5 Å². The van der Waals surface area contributed by atoms with Gasteiger partial charge in [0.15, 0.2) is 0 Å². The number of carbonyl (C=O) groups is 1. The zero-order valence-corrected chi connectivity index (χ0v) is 11.8. The molecule has 2 atom stereocenters. The van der Waals surface area contributed by atoms with Gasteiger partial charge in [0.1, 0.15) is 0 Å². The minimum absolute atomic E-state index is 0.126. The van der Waals surface area contributed by atoms with Crippen molar-refractivity contribution in [1.29, 1.82) is 0 Å². The first-order chi connectivity index (χ1) is 9.20. The predicted octanol–water partition coefficient (Wildman–Crippen LogP) is 1.14. The average molecular weight is 266 g/mol. The number of aliphatic hydroxyl groups is 1. The normalized spacial score (nSPS) is 26.0. The van der Waals surface area contributed by atoms with Gasteiger partial charge >= 0.3 is 0 Å². The SMILES string of the molecule is CC(C1CC1)N(C(=O)CNC(CO)C1CC1)C1CC1. The summed E-state index contributed by atoms with van der Waals surface area (Å²) in [4.78, 5) is 14.6. The molecule has 3 rings (SSSR count). The maximum atomic E-state index is 12.4. The largest absolute Gasteiger partial charge is 0.395 e. The molecule has 2 unspecified atom stereocenters. The minimum atomic E-state index is 0.126. The molecule has 19 heavy (non-hydrogen) atoms. The van der Waals surface area contributed by atoms with Crippen molar-refractivity contribution in [2.75, 3.05) is 13.2 Å². The maximum absolute atomic E-state index is 12.4. The lowest BCUT2D eigenvalue weighted by molar-refractivity contribution is -0.133. The van der Waals surface area contributed by atoms with E-state index >= 15 is 0 Å². The summed E-state index contributed by atoms with van der Waals surface area (Å²) >= 11 is 0. The number of nitrogens with zero attached hydrogens (tertiary/aromatic N) is 1. The Bertz CT molecular complexity index is 335. The smallest absolute Gasteiger partial charge is 0.237 e. The second-order valence-electron chi connectivity index (χ2n) is 6.62. The van der Waals surface area contributed by atoms with Crippen molar-refractivity contribution in [3.8, 4) is 0 Å². The standard InChI is InChI=1S/C15H26N2O2/c1-10(11-2-3-11)17(13-6-7-13)15(19)8-16-14(9-18)12-4-5-12/h10-14,16,18H,2-9H2,1H3. The van der Waals surface area contributed by atoms with Gasteiger partial charge in [0.05, 0.1) is 13.2 Å². The fourth-order valence-corrected chi connectivity index (χ4v) is 3.11. The van der Waals surface area contributed by atoms with Crippen LogP contribution in [0.15, 0.2) is 0 Å². The lowest BCUT2D eigenvalue weighted by atomic mass is 10.1. The van der Waals surface area contributed by atoms with E-state index in [0.29, 0.717) is 24.5 Å². The van der Waals surface area contributed by atoms with Gasteiger partial charge in [-0.3, -0.25) is 4.79 Å². The van der Waals surface area contributed by atoms with Gasteiger partial charge in [-0.1, -0.05) is 0 Å². The van der Waals surface area contributed by atoms with Crippen molar-refractivity contribution in [2.45, 2.75) is 63.6 Å². The molecule has 108 valence electrons. The molecule has 1 amide bonds. The molecule has 4 nitrogen and oxygen atoms in total. The van der Waals surface area contributed by atoms with E-state index in [4.69, 9.17) is 0 Å². The number of carbonyl (C=O) groups excluding carboxylic acids is 1. The van der Waals surface area contributed by atoms with E-state index in [2.05, 4.69) is 17.1 Å². The van der Waals surface area contributed by atoms with Crippen LogP contribution in [0.1, 0.15) is 45.4 Å². The Morgan fingerprint density at radius 3 is 2.32 bits per heavy atom. The third-order valence-electron chi connectivity index (χ3n) is 4.87. The second kappa shape index (κ2) is 5.41. The van der Waals surface area contributed by atoms with Crippen molar-refractivity contribution in [2.24, 2.45) is 11.8 Å². The van der Waals surface area contributed by atoms with Crippen LogP contribution in [0.3, 0.4) is 0 Å². The van der Waals surface area contributed by atoms with Crippen LogP contribution in [0.25, 0.3) is 0 Å². The molecular formula is C15H26N2O2. The summed E-state index contributed by atoms with van der Waals surface area (Å²) in [7, 11) is 0. The van der Waals surface area contributed by atoms with E-state index in [0.717, 1.165) is 5.92 Å². The zero-order chi connectivity index (χ0) is 13.4. The summed E-state index contributed by atoms with van der Waals surface area (Å²) in [5.74, 6) is 1.57. The molecule has 3 saturated carbocycles. The van der Waals surface area contributed by atoms with Crippen molar-refractivity contribution < 1.29 is 9.90 Å². The summed E-state index contributed by atoms with van der Waals surface area (Å²) in [6, 6.07) is 1.04. The summed E-state index contributed by atoms with van der Waals surface area (Å²) in [6.07, 6.45) is 7.30. The Morgan fingerprint density at radius 2 is 1.84 bits per heavy atom.